The fourth-order valence-electron chi connectivity index (χ4n) is 4.15. The van der Waals surface area contributed by atoms with Gasteiger partial charge in [0.25, 0.3) is 5.91 Å². The number of carbonyl (C=O) groups is 2. The third-order valence-corrected chi connectivity index (χ3v) is 5.79. The number of piperidine rings is 1. The van der Waals surface area contributed by atoms with Gasteiger partial charge in [-0.25, -0.2) is 4.39 Å². The number of methoxy groups -OCH3 is 1. The van der Waals surface area contributed by atoms with Gasteiger partial charge in [0.15, 0.2) is 0 Å². The summed E-state index contributed by atoms with van der Waals surface area (Å²) in [5, 5.41) is 4.39. The normalized spacial score (nSPS) is 16.2. The highest BCUT2D eigenvalue weighted by atomic mass is 19.1. The van der Waals surface area contributed by atoms with Crippen LogP contribution in [0.5, 0.6) is 5.75 Å². The predicted molar refractivity (Wildman–Crippen MR) is 119 cm³/mol. The minimum Gasteiger partial charge on any atom is -0.496 e. The standard InChI is InChI=1S/C25H25FN2O3/c1-16-9-11-21(26)22(14-16)27-24(29)17-6-5-13-28(15-17)25(30)20-10-12-23(31-2)19-8-4-3-7-18(19)20/h3-4,7-12,14,17H,5-6,13,15H2,1-2H3,(H,27,29). The van der Waals surface area contributed by atoms with E-state index in [4.69, 9.17) is 4.74 Å². The largest absolute Gasteiger partial charge is 0.496 e. The molecule has 0 aromatic heterocycles. The van der Waals surface area contributed by atoms with E-state index in [0.717, 1.165) is 16.3 Å². The van der Waals surface area contributed by atoms with Crippen molar-refractivity contribution in [1.82, 2.24) is 4.90 Å². The average Bonchev–Trinajstić information content (AvgIpc) is 2.80. The van der Waals surface area contributed by atoms with E-state index < -0.39 is 5.82 Å². The summed E-state index contributed by atoms with van der Waals surface area (Å²) < 4.78 is 19.5. The van der Waals surface area contributed by atoms with Gasteiger partial charge in [0.05, 0.1) is 18.7 Å². The SMILES string of the molecule is COc1ccc(C(=O)N2CCCC(C(=O)Nc3cc(C)ccc3F)C2)c2ccccc12. The van der Waals surface area contributed by atoms with Gasteiger partial charge in [-0.15, -0.1) is 0 Å². The van der Waals surface area contributed by atoms with Crippen LogP contribution in [-0.2, 0) is 4.79 Å². The Morgan fingerprint density at radius 1 is 1.10 bits per heavy atom. The third-order valence-electron chi connectivity index (χ3n) is 5.79. The molecule has 0 saturated carbocycles. The lowest BCUT2D eigenvalue weighted by molar-refractivity contribution is -0.121. The molecule has 5 nitrogen and oxygen atoms in total. The molecule has 1 unspecified atom stereocenters. The topological polar surface area (TPSA) is 58.6 Å². The highest BCUT2D eigenvalue weighted by Gasteiger charge is 2.30. The number of rotatable bonds is 4. The van der Waals surface area contributed by atoms with Crippen molar-refractivity contribution in [3.8, 4) is 5.75 Å². The number of hydrogen-bond donors (Lipinski definition) is 1. The quantitative estimate of drug-likeness (QED) is 0.660. The van der Waals surface area contributed by atoms with Crippen molar-refractivity contribution in [2.24, 2.45) is 5.92 Å². The minimum atomic E-state index is -0.465. The Bertz CT molecular complexity index is 1140. The number of aryl methyl sites for hydroxylation is 1. The minimum absolute atomic E-state index is 0.113. The molecule has 0 aliphatic carbocycles. The molecular weight excluding hydrogens is 395 g/mol. The molecule has 1 N–H and O–H groups in total. The summed E-state index contributed by atoms with van der Waals surface area (Å²) in [6.07, 6.45) is 1.38. The fraction of sp³-hybridized carbons (Fsp3) is 0.280. The summed E-state index contributed by atoms with van der Waals surface area (Å²) in [6.45, 7) is 2.73. The van der Waals surface area contributed by atoms with Crippen molar-refractivity contribution >= 4 is 28.3 Å². The Morgan fingerprint density at radius 2 is 1.87 bits per heavy atom. The molecule has 1 fully saturated rings. The molecule has 1 atom stereocenters. The highest BCUT2D eigenvalue weighted by Crippen LogP contribution is 2.30. The second kappa shape index (κ2) is 8.76. The van der Waals surface area contributed by atoms with Gasteiger partial charge in [-0.2, -0.15) is 0 Å². The summed E-state index contributed by atoms with van der Waals surface area (Å²) in [5.74, 6) is -0.516. The van der Waals surface area contributed by atoms with Crippen LogP contribution in [0.25, 0.3) is 10.8 Å². The van der Waals surface area contributed by atoms with Gasteiger partial charge in [0, 0.05) is 24.0 Å². The summed E-state index contributed by atoms with van der Waals surface area (Å²) >= 11 is 0. The first-order chi connectivity index (χ1) is 15.0. The highest BCUT2D eigenvalue weighted by molar-refractivity contribution is 6.08. The summed E-state index contributed by atoms with van der Waals surface area (Å²) in [4.78, 5) is 27.8. The molecule has 4 rings (SSSR count). The Kier molecular flexibility index (Phi) is 5.89. The molecule has 160 valence electrons. The van der Waals surface area contributed by atoms with Gasteiger partial charge in [0.2, 0.25) is 5.91 Å². The molecular formula is C25H25FN2O3. The van der Waals surface area contributed by atoms with E-state index in [1.165, 1.54) is 6.07 Å². The molecule has 0 radical (unpaired) electrons. The molecule has 0 spiro atoms. The van der Waals surface area contributed by atoms with Crippen molar-refractivity contribution in [3.63, 3.8) is 0 Å². The smallest absolute Gasteiger partial charge is 0.254 e. The lowest BCUT2D eigenvalue weighted by Crippen LogP contribution is -2.43. The first-order valence-electron chi connectivity index (χ1n) is 10.4. The second-order valence-electron chi connectivity index (χ2n) is 7.92. The van der Waals surface area contributed by atoms with Crippen molar-refractivity contribution in [1.29, 1.82) is 0 Å². The van der Waals surface area contributed by atoms with Gasteiger partial charge >= 0.3 is 0 Å². The van der Waals surface area contributed by atoms with E-state index in [2.05, 4.69) is 5.32 Å². The van der Waals surface area contributed by atoms with Crippen LogP contribution in [0.4, 0.5) is 10.1 Å². The average molecular weight is 420 g/mol. The molecule has 3 aromatic carbocycles. The number of carbonyl (C=O) groups excluding carboxylic acids is 2. The Labute approximate surface area is 180 Å². The monoisotopic (exact) mass is 420 g/mol. The molecule has 0 bridgehead atoms. The maximum Gasteiger partial charge on any atom is 0.254 e. The molecule has 1 saturated heterocycles. The van der Waals surface area contributed by atoms with Crippen LogP contribution in [0.2, 0.25) is 0 Å². The lowest BCUT2D eigenvalue weighted by atomic mass is 9.95. The van der Waals surface area contributed by atoms with E-state index in [1.807, 2.05) is 31.2 Å². The molecule has 2 amide bonds. The predicted octanol–water partition coefficient (Wildman–Crippen LogP) is 4.79. The molecule has 1 aliphatic rings. The fourth-order valence-corrected chi connectivity index (χ4v) is 4.15. The van der Waals surface area contributed by atoms with Crippen LogP contribution in [0.3, 0.4) is 0 Å². The number of nitrogens with one attached hydrogen (secondary N) is 1. The van der Waals surface area contributed by atoms with Crippen LogP contribution >= 0.6 is 0 Å². The molecule has 1 heterocycles. The van der Waals surface area contributed by atoms with Crippen molar-refractivity contribution in [3.05, 3.63) is 71.5 Å². The van der Waals surface area contributed by atoms with Crippen LogP contribution in [0, 0.1) is 18.7 Å². The van der Waals surface area contributed by atoms with E-state index in [0.29, 0.717) is 37.2 Å². The number of fused-ring (bicyclic) bond motifs is 1. The van der Waals surface area contributed by atoms with E-state index in [9.17, 15) is 14.0 Å². The Balaban J connectivity index is 1.54. The zero-order valence-electron chi connectivity index (χ0n) is 17.7. The van der Waals surface area contributed by atoms with E-state index in [1.54, 1.807) is 36.3 Å². The number of hydrogen-bond acceptors (Lipinski definition) is 3. The maximum absolute atomic E-state index is 14.0. The van der Waals surface area contributed by atoms with Gasteiger partial charge in [0.1, 0.15) is 11.6 Å². The van der Waals surface area contributed by atoms with Crippen molar-refractivity contribution in [2.75, 3.05) is 25.5 Å². The van der Waals surface area contributed by atoms with E-state index >= 15 is 0 Å². The van der Waals surface area contributed by atoms with Crippen molar-refractivity contribution < 1.29 is 18.7 Å². The van der Waals surface area contributed by atoms with Gasteiger partial charge < -0.3 is 15.0 Å². The Hall–Kier alpha value is -3.41. The molecule has 6 heteroatoms. The number of amides is 2. The number of ether oxygens (including phenoxy) is 1. The molecule has 31 heavy (non-hydrogen) atoms. The number of likely N-dealkylation sites (tertiary alicyclic amines) is 1. The second-order valence-corrected chi connectivity index (χ2v) is 7.92. The number of benzene rings is 3. The molecule has 1 aliphatic heterocycles. The van der Waals surface area contributed by atoms with Gasteiger partial charge in [-0.1, -0.05) is 30.3 Å². The molecule has 3 aromatic rings. The summed E-state index contributed by atoms with van der Waals surface area (Å²) in [5.41, 5.74) is 1.63. The first-order valence-corrected chi connectivity index (χ1v) is 10.4. The van der Waals surface area contributed by atoms with Crippen LogP contribution in [-0.4, -0.2) is 36.9 Å². The number of nitrogens with zero attached hydrogens (tertiary/aromatic N) is 1. The first kappa shape index (κ1) is 20.8. The summed E-state index contributed by atoms with van der Waals surface area (Å²) in [7, 11) is 1.61. The third kappa shape index (κ3) is 4.24. The maximum atomic E-state index is 14.0. The van der Waals surface area contributed by atoms with Crippen molar-refractivity contribution in [2.45, 2.75) is 19.8 Å². The zero-order valence-corrected chi connectivity index (χ0v) is 17.7. The van der Waals surface area contributed by atoms with E-state index in [-0.39, 0.29) is 23.4 Å². The summed E-state index contributed by atoms with van der Waals surface area (Å²) in [6, 6.07) is 15.8. The Morgan fingerprint density at radius 3 is 2.65 bits per heavy atom. The van der Waals surface area contributed by atoms with Crippen LogP contribution in [0.1, 0.15) is 28.8 Å². The number of halogens is 1. The lowest BCUT2D eigenvalue weighted by Gasteiger charge is -2.32. The van der Waals surface area contributed by atoms with Gasteiger partial charge in [-0.3, -0.25) is 9.59 Å². The number of anilines is 1. The van der Waals surface area contributed by atoms with Crippen LogP contribution < -0.4 is 10.1 Å². The van der Waals surface area contributed by atoms with Gasteiger partial charge in [-0.05, 0) is 55.0 Å². The van der Waals surface area contributed by atoms with Crippen LogP contribution in [0.15, 0.2) is 54.6 Å². The zero-order chi connectivity index (χ0) is 22.0.